The highest BCUT2D eigenvalue weighted by atomic mass is 35.5. The van der Waals surface area contributed by atoms with Gasteiger partial charge in [-0.1, -0.05) is 74.5 Å². The Morgan fingerprint density at radius 1 is 1.03 bits per heavy atom. The summed E-state index contributed by atoms with van der Waals surface area (Å²) in [5.74, 6) is 0.235. The molecule has 32 heavy (non-hydrogen) atoms. The molecule has 170 valence electrons. The summed E-state index contributed by atoms with van der Waals surface area (Å²) in [6.07, 6.45) is 1.70. The Morgan fingerprint density at radius 3 is 2.31 bits per heavy atom. The van der Waals surface area contributed by atoms with E-state index >= 15 is 0 Å². The topological polar surface area (TPSA) is 122 Å². The van der Waals surface area contributed by atoms with Gasteiger partial charge in [0.25, 0.3) is 0 Å². The molecule has 0 spiro atoms. The summed E-state index contributed by atoms with van der Waals surface area (Å²) >= 11 is 0. The van der Waals surface area contributed by atoms with Gasteiger partial charge in [-0.05, 0) is 40.5 Å². The van der Waals surface area contributed by atoms with Crippen molar-refractivity contribution in [1.82, 2.24) is 0 Å². The van der Waals surface area contributed by atoms with Crippen LogP contribution in [0.2, 0.25) is 0 Å². The Hall–Kier alpha value is -2.90. The molecule has 1 atom stereocenters. The molecule has 5 N–H and O–H groups in total. The first-order valence-corrected chi connectivity index (χ1v) is 9.95. The smallest absolute Gasteiger partial charge is 0.219 e. The lowest BCUT2D eigenvalue weighted by Crippen LogP contribution is -2.45. The van der Waals surface area contributed by atoms with E-state index < -0.39 is 5.54 Å². The van der Waals surface area contributed by atoms with Gasteiger partial charge in [0.2, 0.25) is 11.5 Å². The molecular weight excluding hydrogens is 447 g/mol. The van der Waals surface area contributed by atoms with Crippen LogP contribution in [0.3, 0.4) is 0 Å². The summed E-state index contributed by atoms with van der Waals surface area (Å²) in [6, 6.07) is 16.0. The first-order chi connectivity index (χ1) is 14.3. The standard InChI is InChI=1S/C23H26N6O.2ClH/c1-22(2,3)15-9-11-16(12-10-15)23(19(24)29-30)20(27-21(25)28-23)26-18-13-8-14-6-4-5-7-17(14)18;;/h4-7,9-12,30H,8,13H2,1-3H3,(H2,24,29)(H2,25,28);2*1H. The Morgan fingerprint density at radius 2 is 1.69 bits per heavy atom. The van der Waals surface area contributed by atoms with Crippen LogP contribution < -0.4 is 11.5 Å². The molecule has 1 aliphatic heterocycles. The fourth-order valence-corrected chi connectivity index (χ4v) is 3.99. The number of fused-ring (bicyclic) bond motifs is 1. The average Bonchev–Trinajstić information content (AvgIpc) is 3.28. The number of hydrogen-bond acceptors (Lipinski definition) is 6. The maximum absolute atomic E-state index is 9.58. The third-order valence-corrected chi connectivity index (χ3v) is 5.67. The maximum Gasteiger partial charge on any atom is 0.219 e. The third-order valence-electron chi connectivity index (χ3n) is 5.67. The molecule has 0 fully saturated rings. The molecule has 0 radical (unpaired) electrons. The van der Waals surface area contributed by atoms with Crippen molar-refractivity contribution in [2.75, 3.05) is 0 Å². The largest absolute Gasteiger partial charge is 0.409 e. The molecule has 0 saturated carbocycles. The number of rotatable bonds is 2. The van der Waals surface area contributed by atoms with E-state index in [9.17, 15) is 5.21 Å². The Kier molecular flexibility index (Phi) is 7.37. The molecule has 2 aromatic carbocycles. The van der Waals surface area contributed by atoms with Crippen molar-refractivity contribution >= 4 is 48.2 Å². The average molecular weight is 475 g/mol. The van der Waals surface area contributed by atoms with E-state index in [-0.39, 0.29) is 42.0 Å². The second-order valence-corrected chi connectivity index (χ2v) is 8.64. The zero-order valence-electron chi connectivity index (χ0n) is 18.2. The highest BCUT2D eigenvalue weighted by Gasteiger charge is 2.47. The molecule has 0 aromatic heterocycles. The van der Waals surface area contributed by atoms with Crippen LogP contribution in [0.25, 0.3) is 0 Å². The molecule has 1 aliphatic carbocycles. The highest BCUT2D eigenvalue weighted by molar-refractivity contribution is 6.24. The maximum atomic E-state index is 9.58. The Balaban J connectivity index is 0.00000181. The number of halogens is 2. The predicted molar refractivity (Wildman–Crippen MR) is 135 cm³/mol. The quantitative estimate of drug-likeness (QED) is 0.264. The van der Waals surface area contributed by atoms with Crippen LogP contribution in [-0.4, -0.2) is 28.5 Å². The number of aliphatic imine (C=N–C) groups is 3. The lowest BCUT2D eigenvalue weighted by Gasteiger charge is -2.26. The minimum atomic E-state index is -1.36. The van der Waals surface area contributed by atoms with Gasteiger partial charge >= 0.3 is 0 Å². The number of oxime groups is 1. The van der Waals surface area contributed by atoms with Gasteiger partial charge in [-0.3, -0.25) is 0 Å². The lowest BCUT2D eigenvalue weighted by atomic mass is 9.83. The van der Waals surface area contributed by atoms with Gasteiger partial charge in [0.05, 0.1) is 5.71 Å². The van der Waals surface area contributed by atoms with Crippen molar-refractivity contribution in [3.05, 3.63) is 70.8 Å². The van der Waals surface area contributed by atoms with E-state index in [1.165, 1.54) is 5.56 Å². The van der Waals surface area contributed by atoms with Crippen LogP contribution in [0.15, 0.2) is 68.7 Å². The molecule has 0 bridgehead atoms. The fourth-order valence-electron chi connectivity index (χ4n) is 3.99. The van der Waals surface area contributed by atoms with Crippen LogP contribution in [0.4, 0.5) is 0 Å². The van der Waals surface area contributed by atoms with Crippen molar-refractivity contribution in [2.24, 2.45) is 31.6 Å². The predicted octanol–water partition coefficient (Wildman–Crippen LogP) is 3.93. The van der Waals surface area contributed by atoms with Gasteiger partial charge in [-0.2, -0.15) is 4.99 Å². The Bertz CT molecular complexity index is 1120. The molecule has 2 aromatic rings. The highest BCUT2D eigenvalue weighted by Crippen LogP contribution is 2.35. The number of nitrogens with zero attached hydrogens (tertiary/aromatic N) is 4. The number of amidine groups is 2. The van der Waals surface area contributed by atoms with Gasteiger partial charge < -0.3 is 16.7 Å². The van der Waals surface area contributed by atoms with E-state index in [1.54, 1.807) is 0 Å². The van der Waals surface area contributed by atoms with Crippen LogP contribution in [0.5, 0.6) is 0 Å². The van der Waals surface area contributed by atoms with E-state index in [0.29, 0.717) is 11.4 Å². The van der Waals surface area contributed by atoms with Crippen LogP contribution >= 0.6 is 24.8 Å². The summed E-state index contributed by atoms with van der Waals surface area (Å²) < 4.78 is 0. The molecule has 1 heterocycles. The zero-order chi connectivity index (χ0) is 21.5. The molecule has 4 rings (SSSR count). The van der Waals surface area contributed by atoms with Gasteiger partial charge in [0, 0.05) is 0 Å². The van der Waals surface area contributed by atoms with Crippen LogP contribution in [-0.2, 0) is 17.4 Å². The minimum absolute atomic E-state index is 0. The first kappa shape index (κ1) is 25.4. The fraction of sp³-hybridized carbons (Fsp3) is 0.304. The van der Waals surface area contributed by atoms with Gasteiger partial charge in [-0.25, -0.2) is 9.98 Å². The second-order valence-electron chi connectivity index (χ2n) is 8.64. The van der Waals surface area contributed by atoms with Crippen molar-refractivity contribution in [1.29, 1.82) is 0 Å². The first-order valence-electron chi connectivity index (χ1n) is 9.95. The summed E-state index contributed by atoms with van der Waals surface area (Å²) in [6.45, 7) is 6.43. The minimum Gasteiger partial charge on any atom is -0.409 e. The van der Waals surface area contributed by atoms with Crippen molar-refractivity contribution < 1.29 is 5.21 Å². The van der Waals surface area contributed by atoms with Gasteiger partial charge in [0.15, 0.2) is 11.7 Å². The number of guanidine groups is 1. The molecule has 2 aliphatic rings. The molecular formula is C23H28Cl2N6O. The van der Waals surface area contributed by atoms with Crippen molar-refractivity contribution in [2.45, 2.75) is 44.6 Å². The van der Waals surface area contributed by atoms with E-state index in [4.69, 9.17) is 16.5 Å². The number of nitrogens with two attached hydrogens (primary N) is 2. The molecule has 0 saturated heterocycles. The van der Waals surface area contributed by atoms with E-state index in [0.717, 1.165) is 29.7 Å². The van der Waals surface area contributed by atoms with Gasteiger partial charge in [0.1, 0.15) is 0 Å². The molecule has 1 unspecified atom stereocenters. The summed E-state index contributed by atoms with van der Waals surface area (Å²) in [4.78, 5) is 13.7. The lowest BCUT2D eigenvalue weighted by molar-refractivity contribution is 0.314. The van der Waals surface area contributed by atoms with Crippen LogP contribution in [0.1, 0.15) is 49.4 Å². The number of aryl methyl sites for hydroxylation is 1. The molecule has 0 amide bonds. The van der Waals surface area contributed by atoms with E-state index in [2.05, 4.69) is 42.0 Å². The number of benzene rings is 2. The third kappa shape index (κ3) is 4.23. The SMILES string of the molecule is CC(C)(C)c1ccc(C2(C(N)=NO)N=C(N)N=C2N=C2CCc3ccccc32)cc1.Cl.Cl. The van der Waals surface area contributed by atoms with Crippen molar-refractivity contribution in [3.63, 3.8) is 0 Å². The number of hydrogen-bond donors (Lipinski definition) is 3. The molecule has 9 heteroatoms. The Labute approximate surface area is 200 Å². The van der Waals surface area contributed by atoms with E-state index in [1.807, 2.05) is 42.5 Å². The zero-order valence-corrected chi connectivity index (χ0v) is 19.9. The summed E-state index contributed by atoms with van der Waals surface area (Å²) in [5.41, 5.74) is 15.9. The van der Waals surface area contributed by atoms with Crippen LogP contribution in [0, 0.1) is 0 Å². The van der Waals surface area contributed by atoms with Gasteiger partial charge in [-0.15, -0.1) is 24.8 Å². The summed E-state index contributed by atoms with van der Waals surface area (Å²) in [5, 5.41) is 12.9. The monoisotopic (exact) mass is 474 g/mol. The molecule has 7 nitrogen and oxygen atoms in total. The normalized spacial score (nSPS) is 21.3. The van der Waals surface area contributed by atoms with Crippen molar-refractivity contribution in [3.8, 4) is 0 Å². The summed E-state index contributed by atoms with van der Waals surface area (Å²) in [7, 11) is 0. The second kappa shape index (κ2) is 9.30.